The zero-order valence-electron chi connectivity index (χ0n) is 10.0. The van der Waals surface area contributed by atoms with Crippen LogP contribution in [-0.2, 0) is 6.18 Å². The first kappa shape index (κ1) is 14.7. The van der Waals surface area contributed by atoms with Crippen molar-refractivity contribution in [1.29, 1.82) is 0 Å². The Morgan fingerprint density at radius 1 is 1.14 bits per heavy atom. The third kappa shape index (κ3) is 2.75. The number of thioether (sulfide) groups is 1. The molecular formula is C11H5Cl2F3N4S. The van der Waals surface area contributed by atoms with Crippen molar-refractivity contribution < 1.29 is 13.2 Å². The fraction of sp³-hybridized carbons (Fsp3) is 0.182. The van der Waals surface area contributed by atoms with Gasteiger partial charge in [-0.15, -0.1) is 10.2 Å². The third-order valence-electron chi connectivity index (χ3n) is 2.68. The molecule has 0 fully saturated rings. The Labute approximate surface area is 130 Å². The van der Waals surface area contributed by atoms with Crippen LogP contribution >= 0.6 is 35.0 Å². The van der Waals surface area contributed by atoms with Crippen molar-refractivity contribution in [2.24, 2.45) is 5.10 Å². The van der Waals surface area contributed by atoms with Crippen LogP contribution in [0.15, 0.2) is 28.5 Å². The smallest absolute Gasteiger partial charge is 0.182 e. The molecule has 110 valence electrons. The van der Waals surface area contributed by atoms with Crippen LogP contribution in [0.4, 0.5) is 13.2 Å². The third-order valence-corrected chi connectivity index (χ3v) is 4.35. The number of rotatable bonds is 1. The molecule has 0 atom stereocenters. The van der Waals surface area contributed by atoms with Crippen LogP contribution in [0.5, 0.6) is 0 Å². The van der Waals surface area contributed by atoms with E-state index in [1.54, 1.807) is 18.2 Å². The van der Waals surface area contributed by atoms with Crippen LogP contribution in [-0.4, -0.2) is 26.3 Å². The van der Waals surface area contributed by atoms with Crippen molar-refractivity contribution in [2.45, 2.75) is 11.3 Å². The summed E-state index contributed by atoms with van der Waals surface area (Å²) in [6.07, 6.45) is -4.62. The fourth-order valence-electron chi connectivity index (χ4n) is 1.72. The number of alkyl halides is 3. The van der Waals surface area contributed by atoms with Gasteiger partial charge >= 0.3 is 6.18 Å². The Kier molecular flexibility index (Phi) is 3.62. The SMILES string of the molecule is FC(F)(F)c1nnc2n1N=C(c1ccc(Cl)c(Cl)c1)CS2. The highest BCUT2D eigenvalue weighted by Crippen LogP contribution is 2.33. The Morgan fingerprint density at radius 3 is 2.57 bits per heavy atom. The Balaban J connectivity index is 2.07. The quantitative estimate of drug-likeness (QED) is 0.780. The molecule has 0 spiro atoms. The van der Waals surface area contributed by atoms with Gasteiger partial charge in [0.05, 0.1) is 15.8 Å². The summed E-state index contributed by atoms with van der Waals surface area (Å²) in [7, 11) is 0. The number of hydrogen-bond acceptors (Lipinski definition) is 4. The molecule has 10 heteroatoms. The van der Waals surface area contributed by atoms with E-state index in [0.717, 1.165) is 11.8 Å². The van der Waals surface area contributed by atoms with Gasteiger partial charge in [0.25, 0.3) is 5.82 Å². The highest BCUT2D eigenvalue weighted by Gasteiger charge is 2.39. The summed E-state index contributed by atoms with van der Waals surface area (Å²) in [6.45, 7) is 0. The van der Waals surface area contributed by atoms with Crippen molar-refractivity contribution in [3.05, 3.63) is 39.6 Å². The van der Waals surface area contributed by atoms with Gasteiger partial charge in [0.15, 0.2) is 0 Å². The number of fused-ring (bicyclic) bond motifs is 1. The number of aromatic nitrogens is 3. The highest BCUT2D eigenvalue weighted by molar-refractivity contribution is 7.99. The normalized spacial score (nSPS) is 14.8. The molecule has 1 aromatic carbocycles. The molecule has 0 radical (unpaired) electrons. The lowest BCUT2D eigenvalue weighted by molar-refractivity contribution is -0.147. The first-order valence-electron chi connectivity index (χ1n) is 5.55. The summed E-state index contributed by atoms with van der Waals surface area (Å²) in [6, 6.07) is 4.78. The fourth-order valence-corrected chi connectivity index (χ4v) is 2.86. The monoisotopic (exact) mass is 352 g/mol. The average molecular weight is 353 g/mol. The van der Waals surface area contributed by atoms with E-state index in [-0.39, 0.29) is 5.16 Å². The Hall–Kier alpha value is -1.25. The van der Waals surface area contributed by atoms with Crippen molar-refractivity contribution in [2.75, 3.05) is 5.75 Å². The summed E-state index contributed by atoms with van der Waals surface area (Å²) in [4.78, 5) is 0. The minimum Gasteiger partial charge on any atom is -0.182 e. The molecule has 0 N–H and O–H groups in total. The van der Waals surface area contributed by atoms with E-state index < -0.39 is 12.0 Å². The number of benzene rings is 1. The van der Waals surface area contributed by atoms with Gasteiger partial charge < -0.3 is 0 Å². The second-order valence-electron chi connectivity index (χ2n) is 4.08. The van der Waals surface area contributed by atoms with Gasteiger partial charge in [-0.2, -0.15) is 22.9 Å². The molecule has 0 saturated heterocycles. The molecule has 1 aromatic heterocycles. The largest absolute Gasteiger partial charge is 0.453 e. The minimum atomic E-state index is -4.62. The molecule has 4 nitrogen and oxygen atoms in total. The van der Waals surface area contributed by atoms with Crippen LogP contribution in [0.3, 0.4) is 0 Å². The lowest BCUT2D eigenvalue weighted by Crippen LogP contribution is -2.18. The Morgan fingerprint density at radius 2 is 1.90 bits per heavy atom. The summed E-state index contributed by atoms with van der Waals surface area (Å²) in [5.74, 6) is -0.782. The number of halogens is 5. The Bertz CT molecular complexity index is 742. The molecular weight excluding hydrogens is 348 g/mol. The van der Waals surface area contributed by atoms with Crippen LogP contribution in [0.1, 0.15) is 11.4 Å². The van der Waals surface area contributed by atoms with E-state index in [9.17, 15) is 13.2 Å². The van der Waals surface area contributed by atoms with Crippen molar-refractivity contribution in [3.8, 4) is 0 Å². The average Bonchev–Trinajstić information content (AvgIpc) is 2.84. The van der Waals surface area contributed by atoms with Gasteiger partial charge in [-0.25, -0.2) is 0 Å². The molecule has 21 heavy (non-hydrogen) atoms. The van der Waals surface area contributed by atoms with Gasteiger partial charge in [-0.3, -0.25) is 0 Å². The van der Waals surface area contributed by atoms with Gasteiger partial charge in [-0.1, -0.05) is 41.0 Å². The van der Waals surface area contributed by atoms with E-state index in [1.807, 2.05) is 0 Å². The lowest BCUT2D eigenvalue weighted by atomic mass is 10.1. The maximum Gasteiger partial charge on any atom is 0.453 e. The second-order valence-corrected chi connectivity index (χ2v) is 5.84. The summed E-state index contributed by atoms with van der Waals surface area (Å²) in [5, 5.41) is 11.4. The molecule has 0 unspecified atom stereocenters. The molecule has 1 aliphatic rings. The molecule has 0 bridgehead atoms. The summed E-state index contributed by atoms with van der Waals surface area (Å²) < 4.78 is 39.1. The zero-order valence-corrected chi connectivity index (χ0v) is 12.4. The van der Waals surface area contributed by atoms with Gasteiger partial charge in [0, 0.05) is 11.3 Å². The van der Waals surface area contributed by atoms with Crippen LogP contribution in [0.2, 0.25) is 10.0 Å². The number of nitrogens with zero attached hydrogens (tertiary/aromatic N) is 4. The van der Waals surface area contributed by atoms with E-state index in [0.29, 0.717) is 31.7 Å². The molecule has 1 aliphatic heterocycles. The van der Waals surface area contributed by atoms with Gasteiger partial charge in [0.1, 0.15) is 0 Å². The predicted molar refractivity (Wildman–Crippen MR) is 74.1 cm³/mol. The zero-order chi connectivity index (χ0) is 15.2. The van der Waals surface area contributed by atoms with Crippen molar-refractivity contribution >= 4 is 40.7 Å². The van der Waals surface area contributed by atoms with Crippen LogP contribution in [0.25, 0.3) is 0 Å². The minimum absolute atomic E-state index is 0.103. The molecule has 0 saturated carbocycles. The maximum absolute atomic E-state index is 12.8. The van der Waals surface area contributed by atoms with Gasteiger partial charge in [0.2, 0.25) is 5.16 Å². The van der Waals surface area contributed by atoms with Crippen LogP contribution < -0.4 is 0 Å². The summed E-state index contributed by atoms with van der Waals surface area (Å²) >= 11 is 12.8. The molecule has 2 heterocycles. The molecule has 0 aliphatic carbocycles. The standard InChI is InChI=1S/C11H5Cl2F3N4S/c12-6-2-1-5(3-7(6)13)8-4-21-10-18-17-9(11(14,15)16)20(10)19-8/h1-3H,4H2. The van der Waals surface area contributed by atoms with Gasteiger partial charge in [-0.05, 0) is 12.1 Å². The van der Waals surface area contributed by atoms with E-state index >= 15 is 0 Å². The first-order chi connectivity index (χ1) is 9.86. The van der Waals surface area contributed by atoms with Crippen molar-refractivity contribution in [3.63, 3.8) is 0 Å². The van der Waals surface area contributed by atoms with E-state index in [1.165, 1.54) is 0 Å². The topological polar surface area (TPSA) is 43.1 Å². The summed E-state index contributed by atoms with van der Waals surface area (Å²) in [5.41, 5.74) is 1.04. The molecule has 2 aromatic rings. The molecule has 3 rings (SSSR count). The maximum atomic E-state index is 12.8. The first-order valence-corrected chi connectivity index (χ1v) is 7.29. The number of hydrogen-bond donors (Lipinski definition) is 0. The highest BCUT2D eigenvalue weighted by atomic mass is 35.5. The molecule has 0 amide bonds. The second kappa shape index (κ2) is 5.19. The van der Waals surface area contributed by atoms with E-state index in [2.05, 4.69) is 15.3 Å². The van der Waals surface area contributed by atoms with Crippen molar-refractivity contribution in [1.82, 2.24) is 14.9 Å². The predicted octanol–water partition coefficient (Wildman–Crippen LogP) is 3.96. The lowest BCUT2D eigenvalue weighted by Gasteiger charge is -2.14. The van der Waals surface area contributed by atoms with Crippen LogP contribution in [0, 0.1) is 0 Å². The van der Waals surface area contributed by atoms with E-state index in [4.69, 9.17) is 23.2 Å².